The number of nitrogens with one attached hydrogen (secondary N) is 1. The molecule has 152 valence electrons. The number of amides is 1. The van der Waals surface area contributed by atoms with Gasteiger partial charge in [-0.3, -0.25) is 4.79 Å². The first-order valence-corrected chi connectivity index (χ1v) is 9.98. The number of para-hydroxylation sites is 2. The molecule has 8 nitrogen and oxygen atoms in total. The van der Waals surface area contributed by atoms with Crippen LogP contribution in [0.25, 0.3) is 5.65 Å². The highest BCUT2D eigenvalue weighted by molar-refractivity contribution is 7.99. The molecule has 2 aromatic heterocycles. The van der Waals surface area contributed by atoms with Gasteiger partial charge >= 0.3 is 5.69 Å². The normalized spacial score (nSPS) is 10.9. The number of carbonyl (C=O) groups is 1. The van der Waals surface area contributed by atoms with Gasteiger partial charge in [0.1, 0.15) is 17.3 Å². The first-order chi connectivity index (χ1) is 14.5. The third kappa shape index (κ3) is 4.06. The molecule has 0 radical (unpaired) electrons. The summed E-state index contributed by atoms with van der Waals surface area (Å²) in [6.07, 6.45) is 3.09. The van der Waals surface area contributed by atoms with E-state index in [0.717, 1.165) is 15.1 Å². The second-order valence-corrected chi connectivity index (χ2v) is 7.60. The summed E-state index contributed by atoms with van der Waals surface area (Å²) in [7, 11) is 1.53. The molecule has 0 saturated heterocycles. The molecule has 2 aromatic carbocycles. The lowest BCUT2D eigenvalue weighted by Gasteiger charge is -2.09. The van der Waals surface area contributed by atoms with E-state index in [2.05, 4.69) is 15.4 Å². The molecule has 0 fully saturated rings. The summed E-state index contributed by atoms with van der Waals surface area (Å²) < 4.78 is 7.75. The van der Waals surface area contributed by atoms with Gasteiger partial charge in [0.15, 0.2) is 5.65 Å². The highest BCUT2D eigenvalue weighted by Gasteiger charge is 2.16. The van der Waals surface area contributed by atoms with Gasteiger partial charge in [-0.2, -0.15) is 0 Å². The van der Waals surface area contributed by atoms with E-state index in [1.165, 1.54) is 23.3 Å². The van der Waals surface area contributed by atoms with E-state index >= 15 is 0 Å². The lowest BCUT2D eigenvalue weighted by molar-refractivity contribution is -0.117. The van der Waals surface area contributed by atoms with E-state index < -0.39 is 5.69 Å². The molecular weight excluding hydrogens is 402 g/mol. The molecule has 30 heavy (non-hydrogen) atoms. The monoisotopic (exact) mass is 421 g/mol. The number of methoxy groups -OCH3 is 1. The van der Waals surface area contributed by atoms with E-state index in [0.29, 0.717) is 22.1 Å². The molecule has 9 heteroatoms. The first kappa shape index (κ1) is 19.7. The van der Waals surface area contributed by atoms with Crippen LogP contribution in [-0.2, 0) is 11.3 Å². The summed E-state index contributed by atoms with van der Waals surface area (Å²) >= 11 is 1.42. The van der Waals surface area contributed by atoms with E-state index in [1.54, 1.807) is 30.6 Å². The Hall–Kier alpha value is -3.59. The van der Waals surface area contributed by atoms with Gasteiger partial charge in [0, 0.05) is 17.3 Å². The Balaban J connectivity index is 1.60. The van der Waals surface area contributed by atoms with Crippen molar-refractivity contribution < 1.29 is 9.53 Å². The topological polar surface area (TPSA) is 90.5 Å². The van der Waals surface area contributed by atoms with Crippen LogP contribution in [0.15, 0.2) is 75.6 Å². The van der Waals surface area contributed by atoms with Gasteiger partial charge in [0.25, 0.3) is 0 Å². The van der Waals surface area contributed by atoms with Crippen LogP contribution < -0.4 is 15.7 Å². The third-order valence-electron chi connectivity index (χ3n) is 4.35. The van der Waals surface area contributed by atoms with Crippen molar-refractivity contribution in [2.75, 3.05) is 12.4 Å². The average Bonchev–Trinajstić information content (AvgIpc) is 3.05. The molecular formula is C21H19N5O3S. The van der Waals surface area contributed by atoms with Crippen LogP contribution in [-0.4, -0.2) is 32.2 Å². The molecule has 0 bridgehead atoms. The molecule has 1 amide bonds. The predicted molar refractivity (Wildman–Crippen MR) is 114 cm³/mol. The summed E-state index contributed by atoms with van der Waals surface area (Å²) in [5.74, 6) is 0.153. The molecule has 4 rings (SSSR count). The number of aromatic nitrogens is 4. The maximum atomic E-state index is 12.7. The second-order valence-electron chi connectivity index (χ2n) is 6.53. The zero-order valence-electron chi connectivity index (χ0n) is 16.4. The van der Waals surface area contributed by atoms with Crippen molar-refractivity contribution >= 4 is 29.0 Å². The van der Waals surface area contributed by atoms with Gasteiger partial charge in [0.05, 0.1) is 12.8 Å². The van der Waals surface area contributed by atoms with Gasteiger partial charge in [0.2, 0.25) is 5.91 Å². The Bertz CT molecular complexity index is 1280. The summed E-state index contributed by atoms with van der Waals surface area (Å²) in [6.45, 7) is 1.78. The molecule has 4 aromatic rings. The molecule has 0 aliphatic carbocycles. The number of hydrogen-bond acceptors (Lipinski definition) is 6. The third-order valence-corrected chi connectivity index (χ3v) is 5.32. The summed E-state index contributed by atoms with van der Waals surface area (Å²) in [5.41, 5.74) is 1.65. The number of rotatable bonds is 6. The minimum absolute atomic E-state index is 0.229. The number of carbonyl (C=O) groups excluding carboxylic acids is 1. The summed E-state index contributed by atoms with van der Waals surface area (Å²) in [5, 5.41) is 7.68. The smallest absolute Gasteiger partial charge is 0.350 e. The minimum atomic E-state index is -0.409. The van der Waals surface area contributed by atoms with Crippen LogP contribution in [0.5, 0.6) is 5.75 Å². The number of benzene rings is 2. The van der Waals surface area contributed by atoms with Crippen LogP contribution in [0, 0.1) is 6.92 Å². The number of aryl methyl sites for hydroxylation is 1. The Morgan fingerprint density at radius 1 is 1.20 bits per heavy atom. The van der Waals surface area contributed by atoms with E-state index in [4.69, 9.17) is 4.74 Å². The van der Waals surface area contributed by atoms with Gasteiger partial charge in [-0.15, -0.1) is 5.10 Å². The molecule has 1 N–H and O–H groups in total. The van der Waals surface area contributed by atoms with Gasteiger partial charge < -0.3 is 10.1 Å². The summed E-state index contributed by atoms with van der Waals surface area (Å²) in [4.78, 5) is 30.6. The first-order valence-electron chi connectivity index (χ1n) is 9.17. The number of ether oxygens (including phenoxy) is 1. The fraction of sp³-hybridized carbons (Fsp3) is 0.143. The van der Waals surface area contributed by atoms with Crippen LogP contribution in [0.4, 0.5) is 5.69 Å². The molecule has 0 atom stereocenters. The lowest BCUT2D eigenvalue weighted by atomic mass is 10.2. The zero-order valence-corrected chi connectivity index (χ0v) is 17.2. The van der Waals surface area contributed by atoms with Crippen LogP contribution in [0.3, 0.4) is 0 Å². The minimum Gasteiger partial charge on any atom is -0.495 e. The van der Waals surface area contributed by atoms with Gasteiger partial charge in [-0.05, 0) is 31.2 Å². The van der Waals surface area contributed by atoms with Gasteiger partial charge in [-0.25, -0.2) is 18.9 Å². The maximum Gasteiger partial charge on any atom is 0.350 e. The van der Waals surface area contributed by atoms with Crippen molar-refractivity contribution in [1.82, 2.24) is 19.2 Å². The number of anilines is 1. The van der Waals surface area contributed by atoms with E-state index in [-0.39, 0.29) is 12.5 Å². The summed E-state index contributed by atoms with van der Waals surface area (Å²) in [6, 6.07) is 15.0. The maximum absolute atomic E-state index is 12.7. The Morgan fingerprint density at radius 3 is 2.83 bits per heavy atom. The quantitative estimate of drug-likeness (QED) is 0.515. The molecule has 0 saturated carbocycles. The SMILES string of the molecule is COc1ccccc1NC(=O)Cn1nc2c(Sc3cccc(C)c3)nccn2c1=O. The van der Waals surface area contributed by atoms with E-state index in [9.17, 15) is 9.59 Å². The average molecular weight is 421 g/mol. The van der Waals surface area contributed by atoms with Crippen molar-refractivity contribution in [3.05, 3.63) is 77.0 Å². The molecule has 0 spiro atoms. The highest BCUT2D eigenvalue weighted by atomic mass is 32.2. The van der Waals surface area contributed by atoms with Crippen molar-refractivity contribution in [3.8, 4) is 5.75 Å². The molecule has 0 aliphatic heterocycles. The molecule has 2 heterocycles. The van der Waals surface area contributed by atoms with Crippen LogP contribution in [0.2, 0.25) is 0 Å². The zero-order chi connectivity index (χ0) is 21.1. The molecule has 0 unspecified atom stereocenters. The van der Waals surface area contributed by atoms with Crippen molar-refractivity contribution in [2.45, 2.75) is 23.4 Å². The Labute approximate surface area is 176 Å². The fourth-order valence-corrected chi connectivity index (χ4v) is 3.92. The largest absolute Gasteiger partial charge is 0.495 e. The van der Waals surface area contributed by atoms with Crippen LogP contribution in [0.1, 0.15) is 5.56 Å². The Morgan fingerprint density at radius 2 is 2.03 bits per heavy atom. The predicted octanol–water partition coefficient (Wildman–Crippen LogP) is 3.00. The highest BCUT2D eigenvalue weighted by Crippen LogP contribution is 2.28. The fourth-order valence-electron chi connectivity index (χ4n) is 2.96. The van der Waals surface area contributed by atoms with E-state index in [1.807, 2.05) is 37.3 Å². The molecule has 0 aliphatic rings. The number of nitrogens with zero attached hydrogens (tertiary/aromatic N) is 4. The van der Waals surface area contributed by atoms with Crippen LogP contribution >= 0.6 is 11.8 Å². The van der Waals surface area contributed by atoms with Gasteiger partial charge in [-0.1, -0.05) is 41.6 Å². The standard InChI is InChI=1S/C21H19N5O3S/c1-14-6-5-7-15(12-14)30-20-19-24-26(21(28)25(19)11-10-22-20)13-18(27)23-16-8-3-4-9-17(16)29-2/h3-12H,13H2,1-2H3,(H,23,27). The number of hydrogen-bond donors (Lipinski definition) is 1. The number of fused-ring (bicyclic) bond motifs is 1. The lowest BCUT2D eigenvalue weighted by Crippen LogP contribution is -2.28. The van der Waals surface area contributed by atoms with Crippen molar-refractivity contribution in [2.24, 2.45) is 0 Å². The van der Waals surface area contributed by atoms with Crippen molar-refractivity contribution in [3.63, 3.8) is 0 Å². The second kappa shape index (κ2) is 8.42. The van der Waals surface area contributed by atoms with Crippen molar-refractivity contribution in [1.29, 1.82) is 0 Å². The Kier molecular flexibility index (Phi) is 5.53.